The number of ether oxygens (including phenoxy) is 1. The highest BCUT2D eigenvalue weighted by atomic mass is 35.5. The second-order valence-electron chi connectivity index (χ2n) is 5.72. The number of carbonyl (C=O) groups is 1. The number of rotatable bonds is 4. The van der Waals surface area contributed by atoms with Gasteiger partial charge in [0.2, 0.25) is 5.88 Å². The minimum Gasteiger partial charge on any atom is -0.437 e. The van der Waals surface area contributed by atoms with Crippen molar-refractivity contribution in [2.45, 2.75) is 19.4 Å². The molecule has 0 saturated carbocycles. The van der Waals surface area contributed by atoms with Gasteiger partial charge in [0.1, 0.15) is 5.75 Å². The summed E-state index contributed by atoms with van der Waals surface area (Å²) in [5, 5.41) is 6.40. The molecule has 6 nitrogen and oxygen atoms in total. The molecule has 1 saturated heterocycles. The van der Waals surface area contributed by atoms with E-state index in [9.17, 15) is 4.79 Å². The third kappa shape index (κ3) is 5.85. The van der Waals surface area contributed by atoms with Crippen molar-refractivity contribution < 1.29 is 9.53 Å². The van der Waals surface area contributed by atoms with Crippen LogP contribution < -0.4 is 15.4 Å². The second kappa shape index (κ2) is 10.2. The quantitative estimate of drug-likeness (QED) is 0.847. The summed E-state index contributed by atoms with van der Waals surface area (Å²) in [6.45, 7) is 3.98. The van der Waals surface area contributed by atoms with Crippen molar-refractivity contribution in [3.8, 4) is 11.6 Å². The van der Waals surface area contributed by atoms with Crippen molar-refractivity contribution in [2.24, 2.45) is 5.92 Å². The van der Waals surface area contributed by atoms with E-state index in [1.54, 1.807) is 36.7 Å². The third-order valence-electron chi connectivity index (χ3n) is 4.00. The van der Waals surface area contributed by atoms with Crippen LogP contribution in [0.1, 0.15) is 23.7 Å². The van der Waals surface area contributed by atoms with Crippen LogP contribution >= 0.6 is 24.8 Å². The third-order valence-corrected chi connectivity index (χ3v) is 4.00. The second-order valence-corrected chi connectivity index (χ2v) is 5.72. The van der Waals surface area contributed by atoms with Gasteiger partial charge in [-0.15, -0.1) is 24.8 Å². The number of nitrogens with zero attached hydrogens (tertiary/aromatic N) is 2. The van der Waals surface area contributed by atoms with Gasteiger partial charge >= 0.3 is 0 Å². The molecule has 1 amide bonds. The zero-order valence-corrected chi connectivity index (χ0v) is 15.5. The molecular formula is C17H22Cl2N4O2. The van der Waals surface area contributed by atoms with Crippen molar-refractivity contribution in [2.75, 3.05) is 13.1 Å². The summed E-state index contributed by atoms with van der Waals surface area (Å²) >= 11 is 0. The normalized spacial score (nSPS) is 19.1. The molecular weight excluding hydrogens is 363 g/mol. The van der Waals surface area contributed by atoms with E-state index in [-0.39, 0.29) is 36.8 Å². The van der Waals surface area contributed by atoms with Crippen LogP contribution in [-0.4, -0.2) is 35.0 Å². The van der Waals surface area contributed by atoms with Crippen LogP contribution in [0.25, 0.3) is 0 Å². The number of halogens is 2. The molecule has 3 rings (SSSR count). The highest BCUT2D eigenvalue weighted by Gasteiger charge is 2.23. The predicted octanol–water partition coefficient (Wildman–Crippen LogP) is 2.84. The summed E-state index contributed by atoms with van der Waals surface area (Å²) in [5.74, 6) is 1.34. The minimum absolute atomic E-state index is 0. The number of piperidine rings is 1. The van der Waals surface area contributed by atoms with Gasteiger partial charge < -0.3 is 15.4 Å². The Kier molecular flexibility index (Phi) is 8.61. The van der Waals surface area contributed by atoms with Gasteiger partial charge in [-0.1, -0.05) is 13.0 Å². The van der Waals surface area contributed by atoms with E-state index >= 15 is 0 Å². The van der Waals surface area contributed by atoms with Crippen LogP contribution in [0.2, 0.25) is 0 Å². The maximum atomic E-state index is 12.4. The minimum atomic E-state index is -0.0878. The first-order valence-electron chi connectivity index (χ1n) is 7.78. The van der Waals surface area contributed by atoms with Gasteiger partial charge in [-0.05, 0) is 37.1 Å². The Morgan fingerprint density at radius 3 is 2.88 bits per heavy atom. The smallest absolute Gasteiger partial charge is 0.251 e. The van der Waals surface area contributed by atoms with E-state index in [4.69, 9.17) is 4.74 Å². The Balaban J connectivity index is 0.00000156. The van der Waals surface area contributed by atoms with Gasteiger partial charge in [0.25, 0.3) is 5.91 Å². The molecule has 2 heterocycles. The van der Waals surface area contributed by atoms with Gasteiger partial charge in [-0.25, -0.2) is 4.98 Å². The summed E-state index contributed by atoms with van der Waals surface area (Å²) < 4.78 is 5.61. The first-order chi connectivity index (χ1) is 11.2. The maximum Gasteiger partial charge on any atom is 0.251 e. The van der Waals surface area contributed by atoms with E-state index < -0.39 is 0 Å². The lowest BCUT2D eigenvalue weighted by molar-refractivity contribution is 0.0915. The summed E-state index contributed by atoms with van der Waals surface area (Å²) in [4.78, 5) is 20.4. The average molecular weight is 385 g/mol. The molecule has 25 heavy (non-hydrogen) atoms. The molecule has 0 aliphatic carbocycles. The van der Waals surface area contributed by atoms with Crippen molar-refractivity contribution in [3.63, 3.8) is 0 Å². The zero-order valence-electron chi connectivity index (χ0n) is 13.8. The van der Waals surface area contributed by atoms with Gasteiger partial charge in [-0.2, -0.15) is 0 Å². The van der Waals surface area contributed by atoms with E-state index in [2.05, 4.69) is 27.5 Å². The average Bonchev–Trinajstić information content (AvgIpc) is 2.58. The van der Waals surface area contributed by atoms with Crippen LogP contribution in [0.4, 0.5) is 0 Å². The Bertz CT molecular complexity index is 673. The molecule has 1 fully saturated rings. The van der Waals surface area contributed by atoms with Crippen molar-refractivity contribution >= 4 is 30.7 Å². The lowest BCUT2D eigenvalue weighted by Crippen LogP contribution is -2.50. The summed E-state index contributed by atoms with van der Waals surface area (Å²) in [7, 11) is 0. The summed E-state index contributed by atoms with van der Waals surface area (Å²) in [5.41, 5.74) is 0.573. The molecule has 1 aliphatic rings. The molecule has 8 heteroatoms. The molecule has 0 radical (unpaired) electrons. The largest absolute Gasteiger partial charge is 0.437 e. The monoisotopic (exact) mass is 384 g/mol. The summed E-state index contributed by atoms with van der Waals surface area (Å²) in [6.07, 6.45) is 5.74. The van der Waals surface area contributed by atoms with Crippen LogP contribution in [0, 0.1) is 5.92 Å². The number of aromatic nitrogens is 2. The number of carbonyl (C=O) groups excluding carboxylic acids is 1. The molecule has 2 unspecified atom stereocenters. The Morgan fingerprint density at radius 1 is 1.32 bits per heavy atom. The molecule has 1 aromatic carbocycles. The molecule has 136 valence electrons. The number of hydrogen-bond acceptors (Lipinski definition) is 5. The molecule has 1 aromatic heterocycles. The Hall–Kier alpha value is -1.89. The molecule has 2 aromatic rings. The van der Waals surface area contributed by atoms with E-state index in [0.717, 1.165) is 19.5 Å². The standard InChI is InChI=1S/C17H20N4O2.2ClH/c1-12-5-6-18-10-15(12)21-17(22)13-3-2-4-14(9-13)23-16-11-19-7-8-20-16;;/h2-4,7-9,11-12,15,18H,5-6,10H2,1H3,(H,21,22);2*1H. The fourth-order valence-corrected chi connectivity index (χ4v) is 2.59. The van der Waals surface area contributed by atoms with E-state index in [1.807, 2.05) is 0 Å². The van der Waals surface area contributed by atoms with Gasteiger partial charge in [0, 0.05) is 30.5 Å². The molecule has 2 atom stereocenters. The van der Waals surface area contributed by atoms with Crippen molar-refractivity contribution in [1.82, 2.24) is 20.6 Å². The van der Waals surface area contributed by atoms with Crippen molar-refractivity contribution in [3.05, 3.63) is 48.4 Å². The number of benzene rings is 1. The highest BCUT2D eigenvalue weighted by molar-refractivity contribution is 5.94. The lowest BCUT2D eigenvalue weighted by atomic mass is 9.94. The van der Waals surface area contributed by atoms with Gasteiger partial charge in [0.15, 0.2) is 0 Å². The SMILES string of the molecule is CC1CCNCC1NC(=O)c1cccc(Oc2cnccn2)c1.Cl.Cl. The maximum absolute atomic E-state index is 12.4. The highest BCUT2D eigenvalue weighted by Crippen LogP contribution is 2.20. The first-order valence-corrected chi connectivity index (χ1v) is 7.78. The van der Waals surface area contributed by atoms with Crippen LogP contribution in [0.15, 0.2) is 42.9 Å². The van der Waals surface area contributed by atoms with Crippen LogP contribution in [0.5, 0.6) is 11.6 Å². The number of nitrogens with one attached hydrogen (secondary N) is 2. The fraction of sp³-hybridized carbons (Fsp3) is 0.353. The number of hydrogen-bond donors (Lipinski definition) is 2. The molecule has 1 aliphatic heterocycles. The lowest BCUT2D eigenvalue weighted by Gasteiger charge is -2.30. The van der Waals surface area contributed by atoms with Gasteiger partial charge in [-0.3, -0.25) is 9.78 Å². The van der Waals surface area contributed by atoms with Gasteiger partial charge in [0.05, 0.1) is 6.20 Å². The van der Waals surface area contributed by atoms with Crippen molar-refractivity contribution in [1.29, 1.82) is 0 Å². The number of amides is 1. The van der Waals surface area contributed by atoms with Crippen LogP contribution in [0.3, 0.4) is 0 Å². The molecule has 0 spiro atoms. The van der Waals surface area contributed by atoms with E-state index in [1.165, 1.54) is 6.20 Å². The Labute approximate surface area is 159 Å². The first kappa shape index (κ1) is 21.2. The predicted molar refractivity (Wildman–Crippen MR) is 101 cm³/mol. The molecule has 0 bridgehead atoms. The molecule has 2 N–H and O–H groups in total. The fourth-order valence-electron chi connectivity index (χ4n) is 2.59. The topological polar surface area (TPSA) is 76.1 Å². The zero-order chi connectivity index (χ0) is 16.1. The summed E-state index contributed by atoms with van der Waals surface area (Å²) in [6, 6.07) is 7.23. The van der Waals surface area contributed by atoms with E-state index in [0.29, 0.717) is 23.1 Å². The Morgan fingerprint density at radius 2 is 2.16 bits per heavy atom. The van der Waals surface area contributed by atoms with Crippen LogP contribution in [-0.2, 0) is 0 Å².